The second-order valence-corrected chi connectivity index (χ2v) is 6.46. The molecular formula is C10H15F2N3O2S. The van der Waals surface area contributed by atoms with Crippen LogP contribution < -0.4 is 0 Å². The first-order chi connectivity index (χ1) is 8.41. The van der Waals surface area contributed by atoms with Gasteiger partial charge in [0.15, 0.2) is 0 Å². The smallest absolute Gasteiger partial charge is 0.210 e. The van der Waals surface area contributed by atoms with Crippen LogP contribution in [0.25, 0.3) is 0 Å². The molecule has 2 heterocycles. The first-order valence-electron chi connectivity index (χ1n) is 5.73. The fourth-order valence-electron chi connectivity index (χ4n) is 1.93. The van der Waals surface area contributed by atoms with Crippen LogP contribution in [0.15, 0.2) is 17.3 Å². The van der Waals surface area contributed by atoms with Gasteiger partial charge in [-0.05, 0) is 18.8 Å². The first kappa shape index (κ1) is 13.4. The maximum atomic E-state index is 12.4. The fraction of sp³-hybridized carbons (Fsp3) is 0.700. The molecule has 8 heteroatoms. The normalized spacial score (nSPS) is 19.6. The highest BCUT2D eigenvalue weighted by Crippen LogP contribution is 2.23. The minimum atomic E-state index is -3.68. The molecule has 0 atom stereocenters. The first-order valence-corrected chi connectivity index (χ1v) is 7.17. The number of rotatable bonds is 3. The molecule has 0 saturated carbocycles. The van der Waals surface area contributed by atoms with Crippen LogP contribution in [0.2, 0.25) is 0 Å². The third-order valence-corrected chi connectivity index (χ3v) is 5.01. The van der Waals surface area contributed by atoms with Crippen LogP contribution in [0, 0.1) is 5.92 Å². The number of sulfonamides is 1. The van der Waals surface area contributed by atoms with E-state index in [9.17, 15) is 17.2 Å². The van der Waals surface area contributed by atoms with Crippen molar-refractivity contribution >= 4 is 10.0 Å². The Labute approximate surface area is 104 Å². The Hall–Kier alpha value is -1.02. The molecule has 0 aromatic carbocycles. The van der Waals surface area contributed by atoms with Gasteiger partial charge < -0.3 is 0 Å². The second-order valence-electron chi connectivity index (χ2n) is 4.52. The Morgan fingerprint density at radius 2 is 2.00 bits per heavy atom. The number of piperidine rings is 1. The summed E-state index contributed by atoms with van der Waals surface area (Å²) in [5.74, 6) is 0.500. The molecule has 5 nitrogen and oxygen atoms in total. The van der Waals surface area contributed by atoms with Crippen molar-refractivity contribution in [1.82, 2.24) is 14.1 Å². The van der Waals surface area contributed by atoms with Gasteiger partial charge in [-0.2, -0.15) is 18.2 Å². The Bertz CT molecular complexity index is 507. The molecule has 18 heavy (non-hydrogen) atoms. The molecule has 0 N–H and O–H groups in total. The van der Waals surface area contributed by atoms with Crippen LogP contribution in [-0.2, 0) is 10.0 Å². The summed E-state index contributed by atoms with van der Waals surface area (Å²) < 4.78 is 50.7. The Balaban J connectivity index is 2.19. The highest BCUT2D eigenvalue weighted by atomic mass is 32.2. The molecule has 0 radical (unpaired) electrons. The maximum absolute atomic E-state index is 12.4. The van der Waals surface area contributed by atoms with Gasteiger partial charge >= 0.3 is 6.55 Å². The van der Waals surface area contributed by atoms with Crippen molar-refractivity contribution in [3.05, 3.63) is 12.4 Å². The lowest BCUT2D eigenvalue weighted by Crippen LogP contribution is -2.37. The largest absolute Gasteiger partial charge is 0.333 e. The predicted molar refractivity (Wildman–Crippen MR) is 60.6 cm³/mol. The molecule has 0 spiro atoms. The summed E-state index contributed by atoms with van der Waals surface area (Å²) in [6.45, 7) is 0.112. The lowest BCUT2D eigenvalue weighted by atomic mass is 10.0. The van der Waals surface area contributed by atoms with Crippen LogP contribution in [0.4, 0.5) is 8.78 Å². The molecular weight excluding hydrogens is 264 g/mol. The summed E-state index contributed by atoms with van der Waals surface area (Å²) in [6, 6.07) is 0. The Kier molecular flexibility index (Phi) is 3.67. The van der Waals surface area contributed by atoms with Gasteiger partial charge in [0.2, 0.25) is 10.0 Å². The SMILES string of the molecule is CC1CCN(S(=O)(=O)c2cnn(C(F)F)c2)CC1. The average molecular weight is 279 g/mol. The monoisotopic (exact) mass is 279 g/mol. The average Bonchev–Trinajstić information content (AvgIpc) is 2.79. The van der Waals surface area contributed by atoms with Gasteiger partial charge in [0.1, 0.15) is 4.90 Å². The van der Waals surface area contributed by atoms with Crippen LogP contribution in [-0.4, -0.2) is 35.6 Å². The number of hydrogen-bond acceptors (Lipinski definition) is 3. The minimum Gasteiger partial charge on any atom is -0.210 e. The van der Waals surface area contributed by atoms with Crippen LogP contribution in [0.3, 0.4) is 0 Å². The van der Waals surface area contributed by atoms with Crippen molar-refractivity contribution in [1.29, 1.82) is 0 Å². The van der Waals surface area contributed by atoms with Crippen LogP contribution in [0.1, 0.15) is 26.3 Å². The summed E-state index contributed by atoms with van der Waals surface area (Å²) in [5, 5.41) is 3.35. The molecule has 2 rings (SSSR count). The minimum absolute atomic E-state index is 0.169. The maximum Gasteiger partial charge on any atom is 0.333 e. The summed E-state index contributed by atoms with van der Waals surface area (Å²) in [7, 11) is -3.68. The van der Waals surface area contributed by atoms with Gasteiger partial charge in [0, 0.05) is 13.1 Å². The van der Waals surface area contributed by atoms with E-state index in [1.165, 1.54) is 4.31 Å². The van der Waals surface area contributed by atoms with Gasteiger partial charge in [0.05, 0.1) is 12.4 Å². The third-order valence-electron chi connectivity index (χ3n) is 3.16. The lowest BCUT2D eigenvalue weighted by molar-refractivity contribution is 0.0563. The van der Waals surface area contributed by atoms with Crippen molar-refractivity contribution in [3.63, 3.8) is 0 Å². The van der Waals surface area contributed by atoms with Gasteiger partial charge in [-0.15, -0.1) is 0 Å². The molecule has 1 aliphatic heterocycles. The van der Waals surface area contributed by atoms with Crippen LogP contribution in [0.5, 0.6) is 0 Å². The van der Waals surface area contributed by atoms with E-state index in [0.717, 1.165) is 25.2 Å². The zero-order valence-electron chi connectivity index (χ0n) is 9.96. The Morgan fingerprint density at radius 1 is 1.39 bits per heavy atom. The predicted octanol–water partition coefficient (Wildman–Crippen LogP) is 1.70. The molecule has 1 fully saturated rings. The van der Waals surface area contributed by atoms with E-state index >= 15 is 0 Å². The molecule has 102 valence electrons. The number of aromatic nitrogens is 2. The van der Waals surface area contributed by atoms with Gasteiger partial charge in [0.25, 0.3) is 0 Å². The van der Waals surface area contributed by atoms with Crippen molar-refractivity contribution < 1.29 is 17.2 Å². The molecule has 0 unspecified atom stereocenters. The van der Waals surface area contributed by atoms with E-state index in [-0.39, 0.29) is 4.90 Å². The quantitative estimate of drug-likeness (QED) is 0.846. The Morgan fingerprint density at radius 3 is 2.50 bits per heavy atom. The summed E-state index contributed by atoms with van der Waals surface area (Å²) >= 11 is 0. The summed E-state index contributed by atoms with van der Waals surface area (Å²) in [6.07, 6.45) is 3.43. The standard InChI is InChI=1S/C10H15F2N3O2S/c1-8-2-4-14(5-3-8)18(16,17)9-6-13-15(7-9)10(11)12/h6-8,10H,2-5H2,1H3. The summed E-state index contributed by atoms with van der Waals surface area (Å²) in [5.41, 5.74) is 0. The fourth-order valence-corrected chi connectivity index (χ4v) is 3.35. The molecule has 1 saturated heterocycles. The molecule has 1 aromatic rings. The number of alkyl halides is 2. The highest BCUT2D eigenvalue weighted by Gasteiger charge is 2.29. The molecule has 0 bridgehead atoms. The molecule has 0 amide bonds. The number of hydrogen-bond donors (Lipinski definition) is 0. The second kappa shape index (κ2) is 4.93. The van der Waals surface area contributed by atoms with E-state index in [4.69, 9.17) is 0 Å². The topological polar surface area (TPSA) is 55.2 Å². The number of nitrogens with zero attached hydrogens (tertiary/aromatic N) is 3. The van der Waals surface area contributed by atoms with Crippen molar-refractivity contribution in [2.24, 2.45) is 5.92 Å². The summed E-state index contributed by atoms with van der Waals surface area (Å²) in [4.78, 5) is -0.169. The van der Waals surface area contributed by atoms with Gasteiger partial charge in [-0.25, -0.2) is 13.1 Å². The molecule has 1 aliphatic rings. The van der Waals surface area contributed by atoms with Crippen LogP contribution >= 0.6 is 0 Å². The lowest BCUT2D eigenvalue weighted by Gasteiger charge is -2.28. The van der Waals surface area contributed by atoms with Crippen molar-refractivity contribution in [3.8, 4) is 0 Å². The van der Waals surface area contributed by atoms with E-state index in [1.54, 1.807) is 0 Å². The van der Waals surface area contributed by atoms with Crippen molar-refractivity contribution in [2.75, 3.05) is 13.1 Å². The zero-order valence-corrected chi connectivity index (χ0v) is 10.8. The third kappa shape index (κ3) is 2.54. The van der Waals surface area contributed by atoms with E-state index < -0.39 is 16.6 Å². The van der Waals surface area contributed by atoms with Gasteiger partial charge in [-0.3, -0.25) is 0 Å². The highest BCUT2D eigenvalue weighted by molar-refractivity contribution is 7.89. The van der Waals surface area contributed by atoms with E-state index in [2.05, 4.69) is 12.0 Å². The van der Waals surface area contributed by atoms with E-state index in [1.807, 2.05) is 0 Å². The van der Waals surface area contributed by atoms with E-state index in [0.29, 0.717) is 23.7 Å². The molecule has 0 aliphatic carbocycles. The number of halogens is 2. The van der Waals surface area contributed by atoms with Gasteiger partial charge in [-0.1, -0.05) is 6.92 Å². The van der Waals surface area contributed by atoms with Crippen molar-refractivity contribution in [2.45, 2.75) is 31.2 Å². The zero-order chi connectivity index (χ0) is 13.3. The molecule has 1 aromatic heterocycles.